The first kappa shape index (κ1) is 6.93. The molecule has 0 fully saturated rings. The average Bonchev–Trinajstić information content (AvgIpc) is 1.97. The van der Waals surface area contributed by atoms with Crippen LogP contribution in [0.4, 0.5) is 13.2 Å². The molecule has 0 heterocycles. The summed E-state index contributed by atoms with van der Waals surface area (Å²) in [6.07, 6.45) is -0.530. The maximum Gasteiger partial charge on any atom is 0.237 e. The van der Waals surface area contributed by atoms with Gasteiger partial charge in [0, 0.05) is 12.8 Å². The molecule has 0 saturated heterocycles. The minimum atomic E-state index is -2.57. The van der Waals surface area contributed by atoms with Crippen LogP contribution < -0.4 is 0 Å². The molecule has 4 heteroatoms. The van der Waals surface area contributed by atoms with E-state index >= 15 is 0 Å². The van der Waals surface area contributed by atoms with E-state index in [9.17, 15) is 13.2 Å². The Bertz CT molecular complexity index is 162. The molecule has 0 bridgehead atoms. The third kappa shape index (κ3) is 1.06. The molecule has 9 heavy (non-hydrogen) atoms. The third-order valence-corrected chi connectivity index (χ3v) is 1.57. The largest absolute Gasteiger partial charge is 0.237 e. The Labute approximate surface area is 55.3 Å². The van der Waals surface area contributed by atoms with Gasteiger partial charge in [0.05, 0.1) is 0 Å². The van der Waals surface area contributed by atoms with E-state index in [0.29, 0.717) is 0 Å². The molecular weight excluding hydrogens is 153 g/mol. The van der Waals surface area contributed by atoms with Crippen molar-refractivity contribution in [1.82, 2.24) is 0 Å². The molecule has 1 atom stereocenters. The third-order valence-electron chi connectivity index (χ3n) is 1.22. The molecule has 1 unspecified atom stereocenters. The highest BCUT2D eigenvalue weighted by molar-refractivity contribution is 6.24. The van der Waals surface area contributed by atoms with Gasteiger partial charge in [-0.2, -0.15) is 0 Å². The summed E-state index contributed by atoms with van der Waals surface area (Å²) in [6.45, 7) is 0. The molecule has 0 aromatic carbocycles. The fourth-order valence-corrected chi connectivity index (χ4v) is 0.882. The van der Waals surface area contributed by atoms with Crippen molar-refractivity contribution in [2.75, 3.05) is 0 Å². The molecule has 0 amide bonds. The molecule has 1 rings (SSSR count). The normalized spacial score (nSPS) is 36.0. The first-order chi connectivity index (χ1) is 4.04. The van der Waals surface area contributed by atoms with Crippen molar-refractivity contribution in [3.63, 3.8) is 0 Å². The molecule has 52 valence electrons. The van der Waals surface area contributed by atoms with Crippen molar-refractivity contribution in [1.29, 1.82) is 0 Å². The quantitative estimate of drug-likeness (QED) is 0.473. The van der Waals surface area contributed by atoms with Crippen LogP contribution in [0.1, 0.15) is 12.8 Å². The van der Waals surface area contributed by atoms with Gasteiger partial charge in [-0.3, -0.25) is 0 Å². The number of hydrogen-bond donors (Lipinski definition) is 0. The molecule has 0 saturated carbocycles. The predicted molar refractivity (Wildman–Crippen MR) is 28.2 cm³/mol. The zero-order valence-corrected chi connectivity index (χ0v) is 5.18. The fraction of sp³-hybridized carbons (Fsp3) is 0.600. The van der Waals surface area contributed by atoms with Gasteiger partial charge in [-0.25, -0.2) is 13.2 Å². The SMILES string of the molecule is FC1=C(F)C(F)(Cl)CC1. The highest BCUT2D eigenvalue weighted by Gasteiger charge is 2.40. The zero-order valence-electron chi connectivity index (χ0n) is 4.43. The van der Waals surface area contributed by atoms with Crippen LogP contribution in [0.3, 0.4) is 0 Å². The van der Waals surface area contributed by atoms with Crippen LogP contribution in [0.25, 0.3) is 0 Å². The maximum absolute atomic E-state index is 12.3. The molecule has 0 aromatic heterocycles. The van der Waals surface area contributed by atoms with Gasteiger partial charge in [0.25, 0.3) is 0 Å². The van der Waals surface area contributed by atoms with Crippen LogP contribution in [0.15, 0.2) is 11.7 Å². The summed E-state index contributed by atoms with van der Waals surface area (Å²) in [7, 11) is 0. The van der Waals surface area contributed by atoms with Gasteiger partial charge in [0.1, 0.15) is 5.83 Å². The van der Waals surface area contributed by atoms with Gasteiger partial charge in [-0.15, -0.1) is 0 Å². The van der Waals surface area contributed by atoms with Gasteiger partial charge >= 0.3 is 0 Å². The molecule has 0 aromatic rings. The molecular formula is C5H4ClF3. The van der Waals surface area contributed by atoms with Crippen LogP contribution >= 0.6 is 11.6 Å². The van der Waals surface area contributed by atoms with Crippen molar-refractivity contribution >= 4 is 11.6 Å². The number of alkyl halides is 2. The number of hydrogen-bond acceptors (Lipinski definition) is 0. The highest BCUT2D eigenvalue weighted by Crippen LogP contribution is 2.43. The summed E-state index contributed by atoms with van der Waals surface area (Å²) in [6, 6.07) is 0. The lowest BCUT2D eigenvalue weighted by atomic mass is 10.3. The van der Waals surface area contributed by atoms with E-state index in [0.717, 1.165) is 0 Å². The van der Waals surface area contributed by atoms with Crippen molar-refractivity contribution in [3.05, 3.63) is 11.7 Å². The van der Waals surface area contributed by atoms with E-state index in [1.165, 1.54) is 0 Å². The Balaban J connectivity index is 2.88. The second-order valence-corrected chi connectivity index (χ2v) is 2.52. The first-order valence-electron chi connectivity index (χ1n) is 2.46. The number of allylic oxidation sites excluding steroid dienone is 2. The second-order valence-electron chi connectivity index (χ2n) is 1.92. The molecule has 1 aliphatic rings. The summed E-state index contributed by atoms with van der Waals surface area (Å²) in [4.78, 5) is 0. The molecule has 0 nitrogen and oxygen atoms in total. The van der Waals surface area contributed by atoms with E-state index in [4.69, 9.17) is 11.6 Å². The highest BCUT2D eigenvalue weighted by atomic mass is 35.5. The summed E-state index contributed by atoms with van der Waals surface area (Å²) < 4.78 is 36.4. The fourth-order valence-electron chi connectivity index (χ4n) is 0.685. The smallest absolute Gasteiger partial charge is 0.218 e. The maximum atomic E-state index is 12.3. The summed E-state index contributed by atoms with van der Waals surface area (Å²) >= 11 is 4.87. The average molecular weight is 157 g/mol. The topological polar surface area (TPSA) is 0 Å². The lowest BCUT2D eigenvalue weighted by molar-refractivity contribution is 0.280. The zero-order chi connectivity index (χ0) is 7.07. The van der Waals surface area contributed by atoms with Crippen molar-refractivity contribution in [2.45, 2.75) is 18.0 Å². The molecule has 0 N–H and O–H groups in total. The molecule has 0 aliphatic heterocycles. The lowest BCUT2D eigenvalue weighted by Gasteiger charge is -2.05. The van der Waals surface area contributed by atoms with Gasteiger partial charge in [0.2, 0.25) is 5.13 Å². The van der Waals surface area contributed by atoms with Crippen LogP contribution in [0.2, 0.25) is 0 Å². The monoisotopic (exact) mass is 156 g/mol. The summed E-state index contributed by atoms with van der Waals surface area (Å²) in [5.41, 5.74) is 0. The Kier molecular flexibility index (Phi) is 1.47. The van der Waals surface area contributed by atoms with E-state index < -0.39 is 16.8 Å². The molecule has 0 spiro atoms. The van der Waals surface area contributed by atoms with Gasteiger partial charge < -0.3 is 0 Å². The Hall–Kier alpha value is -0.180. The number of rotatable bonds is 0. The summed E-state index contributed by atoms with van der Waals surface area (Å²) in [5, 5.41) is -2.57. The van der Waals surface area contributed by atoms with E-state index in [1.807, 2.05) is 0 Å². The van der Waals surface area contributed by atoms with Crippen LogP contribution in [0.5, 0.6) is 0 Å². The van der Waals surface area contributed by atoms with Crippen LogP contribution in [-0.2, 0) is 0 Å². The minimum absolute atomic E-state index is 0.230. The van der Waals surface area contributed by atoms with Crippen LogP contribution in [-0.4, -0.2) is 5.13 Å². The van der Waals surface area contributed by atoms with Crippen molar-refractivity contribution < 1.29 is 13.2 Å². The Morgan fingerprint density at radius 3 is 2.11 bits per heavy atom. The van der Waals surface area contributed by atoms with Crippen molar-refractivity contribution in [2.24, 2.45) is 0 Å². The van der Waals surface area contributed by atoms with E-state index in [2.05, 4.69) is 0 Å². The van der Waals surface area contributed by atoms with E-state index in [1.54, 1.807) is 0 Å². The number of halogens is 4. The minimum Gasteiger partial charge on any atom is -0.218 e. The Morgan fingerprint density at radius 2 is 2.00 bits per heavy atom. The predicted octanol–water partition coefficient (Wildman–Crippen LogP) is 2.84. The Morgan fingerprint density at radius 1 is 1.44 bits per heavy atom. The van der Waals surface area contributed by atoms with Crippen molar-refractivity contribution in [3.8, 4) is 0 Å². The van der Waals surface area contributed by atoms with Gasteiger partial charge in [-0.1, -0.05) is 11.6 Å². The second kappa shape index (κ2) is 1.90. The van der Waals surface area contributed by atoms with E-state index in [-0.39, 0.29) is 12.8 Å². The molecule has 1 aliphatic carbocycles. The lowest BCUT2D eigenvalue weighted by Crippen LogP contribution is -2.08. The first-order valence-corrected chi connectivity index (χ1v) is 2.84. The van der Waals surface area contributed by atoms with Gasteiger partial charge in [0.15, 0.2) is 5.83 Å². The standard InChI is InChI=1S/C5H4ClF3/c6-5(9)2-1-3(7)4(5)8/h1-2H2. The molecule has 0 radical (unpaired) electrons. The summed E-state index contributed by atoms with van der Waals surface area (Å²) in [5.74, 6) is -2.52. The van der Waals surface area contributed by atoms with Crippen LogP contribution in [0, 0.1) is 0 Å². The van der Waals surface area contributed by atoms with Gasteiger partial charge in [-0.05, 0) is 0 Å².